The van der Waals surface area contributed by atoms with Gasteiger partial charge in [-0.15, -0.1) is 8.78 Å². The van der Waals surface area contributed by atoms with Crippen molar-refractivity contribution in [3.8, 4) is 11.5 Å². The van der Waals surface area contributed by atoms with Crippen LogP contribution in [0, 0.1) is 0 Å². The van der Waals surface area contributed by atoms with E-state index in [1.165, 1.54) is 30.5 Å². The zero-order valence-electron chi connectivity index (χ0n) is 17.9. The number of hydrogen-bond acceptors (Lipinski definition) is 8. The molecule has 34 heavy (non-hydrogen) atoms. The Hall–Kier alpha value is -3.80. The van der Waals surface area contributed by atoms with Crippen molar-refractivity contribution in [1.82, 2.24) is 19.8 Å². The molecule has 3 aliphatic heterocycles. The van der Waals surface area contributed by atoms with Gasteiger partial charge in [-0.3, -0.25) is 9.59 Å². The van der Waals surface area contributed by atoms with Crippen molar-refractivity contribution in [2.45, 2.75) is 12.4 Å². The normalized spacial score (nSPS) is 19.4. The molecule has 0 saturated carbocycles. The second kappa shape index (κ2) is 8.52. The molecular formula is C22H21F2N5O5. The van der Waals surface area contributed by atoms with Crippen LogP contribution in [-0.2, 0) is 4.79 Å². The molecule has 10 nitrogen and oxygen atoms in total. The minimum absolute atomic E-state index is 0.0625. The lowest BCUT2D eigenvalue weighted by molar-refractivity contribution is -0.286. The van der Waals surface area contributed by atoms with E-state index in [4.69, 9.17) is 0 Å². The molecule has 12 heteroatoms. The van der Waals surface area contributed by atoms with Gasteiger partial charge in [-0.2, -0.15) is 0 Å². The lowest BCUT2D eigenvalue weighted by Gasteiger charge is -2.36. The van der Waals surface area contributed by atoms with Gasteiger partial charge in [-0.05, 0) is 29.8 Å². The van der Waals surface area contributed by atoms with Crippen LogP contribution < -0.4 is 14.4 Å². The number of carbonyl (C=O) groups excluding carboxylic acids is 2. The number of rotatable bonds is 4. The summed E-state index contributed by atoms with van der Waals surface area (Å²) in [5.41, 5.74) is 0.774. The van der Waals surface area contributed by atoms with Gasteiger partial charge in [0.1, 0.15) is 5.69 Å². The van der Waals surface area contributed by atoms with Crippen LogP contribution in [0.15, 0.2) is 36.5 Å². The number of amides is 2. The molecule has 4 heterocycles. The van der Waals surface area contributed by atoms with E-state index < -0.39 is 12.4 Å². The number of halogens is 2. The second-order valence-electron chi connectivity index (χ2n) is 8.13. The summed E-state index contributed by atoms with van der Waals surface area (Å²) in [5, 5.41) is 9.44. The van der Waals surface area contributed by atoms with E-state index in [-0.39, 0.29) is 29.0 Å². The summed E-state index contributed by atoms with van der Waals surface area (Å²) in [7, 11) is 0. The number of anilines is 1. The summed E-state index contributed by atoms with van der Waals surface area (Å²) in [6.07, 6.45) is 0.280. The molecule has 0 unspecified atom stereocenters. The number of fused-ring (bicyclic) bond motifs is 1. The molecule has 2 amide bonds. The second-order valence-corrected chi connectivity index (χ2v) is 8.13. The Bertz CT molecular complexity index is 1150. The first-order valence-corrected chi connectivity index (χ1v) is 10.7. The molecule has 5 rings (SSSR count). The van der Waals surface area contributed by atoms with Crippen LogP contribution in [0.1, 0.15) is 16.1 Å². The van der Waals surface area contributed by atoms with Gasteiger partial charge in [-0.25, -0.2) is 9.97 Å². The average Bonchev–Trinajstić information content (AvgIpc) is 3.13. The highest BCUT2D eigenvalue weighted by atomic mass is 19.3. The molecular weight excluding hydrogens is 452 g/mol. The van der Waals surface area contributed by atoms with E-state index in [0.717, 1.165) is 0 Å². The van der Waals surface area contributed by atoms with Crippen molar-refractivity contribution in [1.29, 1.82) is 0 Å². The Morgan fingerprint density at radius 1 is 1.06 bits per heavy atom. The Morgan fingerprint density at radius 3 is 2.50 bits per heavy atom. The third-order valence-corrected chi connectivity index (χ3v) is 5.73. The van der Waals surface area contributed by atoms with Crippen molar-refractivity contribution in [2.75, 3.05) is 44.2 Å². The van der Waals surface area contributed by atoms with Gasteiger partial charge in [0.15, 0.2) is 11.5 Å². The van der Waals surface area contributed by atoms with Crippen molar-refractivity contribution in [2.24, 2.45) is 0 Å². The monoisotopic (exact) mass is 473 g/mol. The van der Waals surface area contributed by atoms with Crippen LogP contribution in [0.4, 0.5) is 14.7 Å². The highest BCUT2D eigenvalue weighted by Crippen LogP contribution is 2.41. The smallest absolute Gasteiger partial charge is 0.395 e. The predicted octanol–water partition coefficient (Wildman–Crippen LogP) is 0.977. The fourth-order valence-corrected chi connectivity index (χ4v) is 3.87. The number of hydrogen-bond donors (Lipinski definition) is 1. The molecule has 3 aliphatic rings. The number of aliphatic hydroxyl groups excluding tert-OH is 1. The predicted molar refractivity (Wildman–Crippen MR) is 114 cm³/mol. The number of ether oxygens (including phenoxy) is 2. The van der Waals surface area contributed by atoms with Gasteiger partial charge >= 0.3 is 6.29 Å². The molecule has 0 bridgehead atoms. The fraction of sp³-hybridized carbons (Fsp3) is 0.364. The number of nitrogens with zero attached hydrogens (tertiary/aromatic N) is 5. The van der Waals surface area contributed by atoms with Crippen LogP contribution in [-0.4, -0.2) is 88.4 Å². The van der Waals surface area contributed by atoms with Gasteiger partial charge in [0.25, 0.3) is 5.91 Å². The minimum atomic E-state index is -3.69. The first kappa shape index (κ1) is 22.0. The van der Waals surface area contributed by atoms with Gasteiger partial charge in [-0.1, -0.05) is 6.07 Å². The van der Waals surface area contributed by atoms with E-state index in [1.807, 2.05) is 0 Å². The third-order valence-electron chi connectivity index (χ3n) is 5.73. The minimum Gasteiger partial charge on any atom is -0.395 e. The standard InChI is InChI=1S/C22H21F2N5O5/c23-22(24)33-17-3-1-14(11-18(17)34-22)2-4-19(31)27-7-9-28(10-8-27)20(32)16-5-6-25-21(26-16)29-12-15(30)13-29/h1-6,11,15,30H,7-10,12-13H2. The number of carbonyl (C=O) groups is 2. The van der Waals surface area contributed by atoms with Crippen molar-refractivity contribution < 1.29 is 33.0 Å². The Morgan fingerprint density at radius 2 is 1.76 bits per heavy atom. The highest BCUT2D eigenvalue weighted by molar-refractivity contribution is 5.94. The number of alkyl halides is 2. The summed E-state index contributed by atoms with van der Waals surface area (Å²) in [6, 6.07) is 5.81. The van der Waals surface area contributed by atoms with Gasteiger partial charge in [0, 0.05) is 51.5 Å². The summed E-state index contributed by atoms with van der Waals surface area (Å²) in [4.78, 5) is 38.9. The summed E-state index contributed by atoms with van der Waals surface area (Å²) < 4.78 is 35.1. The van der Waals surface area contributed by atoms with E-state index in [2.05, 4.69) is 19.4 Å². The van der Waals surface area contributed by atoms with Crippen LogP contribution in [0.25, 0.3) is 6.08 Å². The maximum Gasteiger partial charge on any atom is 0.586 e. The van der Waals surface area contributed by atoms with Crippen molar-refractivity contribution >= 4 is 23.8 Å². The molecule has 2 saturated heterocycles. The molecule has 178 valence electrons. The van der Waals surface area contributed by atoms with Crippen LogP contribution >= 0.6 is 0 Å². The van der Waals surface area contributed by atoms with Gasteiger partial charge in [0.05, 0.1) is 6.10 Å². The SMILES string of the molecule is O=C(C=Cc1ccc2c(c1)OC(F)(F)O2)N1CCN(C(=O)c2ccnc(N3CC(O)C3)n2)CC1. The van der Waals surface area contributed by atoms with E-state index in [1.54, 1.807) is 26.8 Å². The molecule has 0 spiro atoms. The lowest BCUT2D eigenvalue weighted by atomic mass is 10.2. The molecule has 0 radical (unpaired) electrons. The Kier molecular flexibility index (Phi) is 5.52. The zero-order valence-corrected chi connectivity index (χ0v) is 17.9. The first-order chi connectivity index (χ1) is 16.3. The van der Waals surface area contributed by atoms with E-state index >= 15 is 0 Å². The molecule has 0 atom stereocenters. The van der Waals surface area contributed by atoms with Gasteiger partial charge < -0.3 is 29.3 Å². The first-order valence-electron chi connectivity index (χ1n) is 10.7. The maximum absolute atomic E-state index is 13.1. The molecule has 1 aromatic heterocycles. The molecule has 0 aliphatic carbocycles. The summed E-state index contributed by atoms with van der Waals surface area (Å²) in [5.74, 6) is -0.250. The third kappa shape index (κ3) is 4.49. The quantitative estimate of drug-likeness (QED) is 0.655. The van der Waals surface area contributed by atoms with Crippen LogP contribution in [0.2, 0.25) is 0 Å². The number of aliphatic hydroxyl groups is 1. The topological polar surface area (TPSA) is 108 Å². The molecule has 2 fully saturated rings. The van der Waals surface area contributed by atoms with E-state index in [9.17, 15) is 23.5 Å². The number of aromatic nitrogens is 2. The Labute approximate surface area is 193 Å². The fourth-order valence-electron chi connectivity index (χ4n) is 3.87. The number of piperazine rings is 1. The van der Waals surface area contributed by atoms with E-state index in [0.29, 0.717) is 50.8 Å². The van der Waals surface area contributed by atoms with Crippen molar-refractivity contribution in [3.05, 3.63) is 47.8 Å². The molecule has 1 aromatic carbocycles. The number of β-amino-alcohol motifs (C(OH)–C–C–N with tert-alkyl or cyclic N) is 1. The average molecular weight is 473 g/mol. The molecule has 2 aromatic rings. The summed E-state index contributed by atoms with van der Waals surface area (Å²) >= 11 is 0. The Balaban J connectivity index is 1.15. The molecule has 1 N–H and O–H groups in total. The van der Waals surface area contributed by atoms with Gasteiger partial charge in [0.2, 0.25) is 11.9 Å². The number of benzene rings is 1. The largest absolute Gasteiger partial charge is 0.586 e. The summed E-state index contributed by atoms with van der Waals surface area (Å²) in [6.45, 7) is 2.25. The van der Waals surface area contributed by atoms with Crippen LogP contribution in [0.3, 0.4) is 0 Å². The highest BCUT2D eigenvalue weighted by Gasteiger charge is 2.43. The van der Waals surface area contributed by atoms with Crippen molar-refractivity contribution in [3.63, 3.8) is 0 Å². The zero-order chi connectivity index (χ0) is 23.9. The lowest BCUT2D eigenvalue weighted by Crippen LogP contribution is -2.52. The maximum atomic E-state index is 13.1. The van der Waals surface area contributed by atoms with Crippen LogP contribution in [0.5, 0.6) is 11.5 Å².